The van der Waals surface area contributed by atoms with E-state index in [4.69, 9.17) is 11.3 Å². The fourth-order valence-corrected chi connectivity index (χ4v) is 17.4. The number of fused-ring (bicyclic) bond motifs is 12. The summed E-state index contributed by atoms with van der Waals surface area (Å²) in [5.41, 5.74) is 9.57. The van der Waals surface area contributed by atoms with Crippen LogP contribution in [0.4, 0.5) is 5.00 Å². The lowest BCUT2D eigenvalue weighted by molar-refractivity contribution is -0.149. The van der Waals surface area contributed by atoms with Crippen LogP contribution in [0.5, 0.6) is 0 Å². The van der Waals surface area contributed by atoms with Crippen LogP contribution in [0.15, 0.2) is 74.2 Å². The van der Waals surface area contributed by atoms with E-state index >= 15 is 0 Å². The molecule has 0 aliphatic heterocycles. The number of ether oxygens (including phenoxy) is 1. The van der Waals surface area contributed by atoms with Gasteiger partial charge in [0.1, 0.15) is 5.60 Å². The van der Waals surface area contributed by atoms with Gasteiger partial charge in [0, 0.05) is 52.0 Å². The monoisotopic (exact) mass is 1110 g/mol. The van der Waals surface area contributed by atoms with Crippen LogP contribution in [0, 0.1) is 6.57 Å². The zero-order valence-corrected chi connectivity index (χ0v) is 47.3. The second-order valence-electron chi connectivity index (χ2n) is 17.6. The molecule has 0 fully saturated rings. The van der Waals surface area contributed by atoms with Crippen molar-refractivity contribution in [3.05, 3.63) is 100 Å². The van der Waals surface area contributed by atoms with Crippen LogP contribution in [0.3, 0.4) is 0 Å². The summed E-state index contributed by atoms with van der Waals surface area (Å²) in [6.07, 6.45) is 2.56. The van der Waals surface area contributed by atoms with Gasteiger partial charge in [-0.15, -0.1) is 90.7 Å². The molecular weight excluding hydrogens is 1070 g/mol. The molecule has 0 amide bonds. The molecule has 12 rings (SSSR count). The summed E-state index contributed by atoms with van der Waals surface area (Å²) in [4.78, 5) is 31.6. The largest absolute Gasteiger partial charge is 0.465 e. The van der Waals surface area contributed by atoms with Gasteiger partial charge in [0.05, 0.1) is 102 Å². The molecule has 0 unspecified atom stereocenters. The van der Waals surface area contributed by atoms with Gasteiger partial charge in [-0.05, 0) is 113 Å². The Morgan fingerprint density at radius 3 is 1.62 bits per heavy atom. The van der Waals surface area contributed by atoms with Crippen LogP contribution in [-0.2, 0) is 37.7 Å². The Hall–Kier alpha value is -4.55. The lowest BCUT2D eigenvalue weighted by atomic mass is 10.2. The summed E-state index contributed by atoms with van der Waals surface area (Å²) in [5, 5.41) is 7.67. The van der Waals surface area contributed by atoms with Crippen LogP contribution in [-0.4, -0.2) is 50.2 Å². The maximum absolute atomic E-state index is 12.2. The van der Waals surface area contributed by atoms with Crippen LogP contribution < -0.4 is 4.90 Å². The van der Waals surface area contributed by atoms with Crippen molar-refractivity contribution in [2.75, 3.05) is 19.0 Å². The second kappa shape index (κ2) is 19.0. The number of rotatable bonds is 5. The minimum atomic E-state index is -0.618. The molecule has 12 heterocycles. The van der Waals surface area contributed by atoms with Gasteiger partial charge in [-0.2, -0.15) is 0 Å². The average Bonchev–Trinajstić information content (AvgIpc) is 4.13. The number of aldehydes is 1. The van der Waals surface area contributed by atoms with Crippen molar-refractivity contribution in [1.82, 2.24) is 18.3 Å². The van der Waals surface area contributed by atoms with E-state index in [1.807, 2.05) is 90.0 Å². The first kappa shape index (κ1) is 48.5. The predicted octanol–water partition coefficient (Wildman–Crippen LogP) is 17.2. The molecule has 12 aromatic rings. The molecule has 0 aromatic carbocycles. The maximum atomic E-state index is 12.2. The van der Waals surface area contributed by atoms with Gasteiger partial charge >= 0.3 is 5.97 Å². The molecule has 0 saturated carbocycles. The molecule has 0 N–H and O–H groups in total. The minimum absolute atomic E-state index is 0.00267. The number of hydrogen-bond acceptors (Lipinski definition) is 12. The first-order valence-corrected chi connectivity index (χ1v) is 28.9. The van der Waals surface area contributed by atoms with Crippen LogP contribution in [0.1, 0.15) is 60.0 Å². The molecule has 350 valence electrons. The van der Waals surface area contributed by atoms with E-state index in [2.05, 4.69) is 131 Å². The van der Waals surface area contributed by atoms with Gasteiger partial charge in [0.25, 0.3) is 5.70 Å². The summed E-state index contributed by atoms with van der Waals surface area (Å²) in [7, 11) is 12.4. The van der Waals surface area contributed by atoms with E-state index in [1.54, 1.807) is 60.9 Å². The van der Waals surface area contributed by atoms with E-state index in [0.29, 0.717) is 5.92 Å². The summed E-state index contributed by atoms with van der Waals surface area (Å²) >= 11 is 17.6. The fraction of sp³-hybridized carbons (Fsp3) is 0.260. The average molecular weight is 1120 g/mol. The molecule has 12 aromatic heterocycles. The topological polar surface area (TPSA) is 70.7 Å². The van der Waals surface area contributed by atoms with Crippen molar-refractivity contribution >= 4 is 212 Å². The van der Waals surface area contributed by atoms with Crippen LogP contribution >= 0.6 is 107 Å². The highest BCUT2D eigenvalue weighted by Crippen LogP contribution is 2.44. The zero-order chi connectivity index (χ0) is 48.5. The van der Waals surface area contributed by atoms with Crippen molar-refractivity contribution in [2.45, 2.75) is 46.1 Å². The normalized spacial score (nSPS) is 12.1. The molecule has 0 atom stereocenters. The Kier molecular flexibility index (Phi) is 13.5. The van der Waals surface area contributed by atoms with E-state index in [-0.39, 0.29) is 5.70 Å². The molecule has 18 heteroatoms. The number of aryl methyl sites for hydroxylation is 4. The van der Waals surface area contributed by atoms with Gasteiger partial charge in [0.15, 0.2) is 6.29 Å². The smallest absolute Gasteiger partial charge is 0.336 e. The number of carbonyl (C=O) groups excluding carboxylic acids is 2. The van der Waals surface area contributed by atoms with Crippen molar-refractivity contribution in [3.63, 3.8) is 0 Å². The Morgan fingerprint density at radius 2 is 1.09 bits per heavy atom. The van der Waals surface area contributed by atoms with E-state index in [9.17, 15) is 9.59 Å². The highest BCUT2D eigenvalue weighted by Gasteiger charge is 2.22. The van der Waals surface area contributed by atoms with Crippen LogP contribution in [0.25, 0.3) is 92.7 Å². The lowest BCUT2D eigenvalue weighted by Gasteiger charge is -2.19. The number of thiophene rings is 8. The van der Waals surface area contributed by atoms with Crippen LogP contribution in [0.2, 0.25) is 0 Å². The Balaban J connectivity index is 0.000000119. The first-order valence-electron chi connectivity index (χ1n) is 21.4. The highest BCUT2D eigenvalue weighted by molar-refractivity contribution is 9.11. The number of carbonyl (C=O) groups is 2. The third kappa shape index (κ3) is 8.94. The second-order valence-corrected chi connectivity index (χ2v) is 27.1. The van der Waals surface area contributed by atoms with Gasteiger partial charge in [-0.25, -0.2) is 4.85 Å². The lowest BCUT2D eigenvalue weighted by Crippen LogP contribution is -2.24. The van der Waals surface area contributed by atoms with Crippen molar-refractivity contribution in [1.29, 1.82) is 0 Å². The molecule has 0 bridgehead atoms. The summed E-state index contributed by atoms with van der Waals surface area (Å²) in [6.45, 7) is 17.1. The fourth-order valence-electron chi connectivity index (χ4n) is 7.94. The quantitative estimate of drug-likeness (QED) is 0.0745. The minimum Gasteiger partial charge on any atom is -0.465 e. The van der Waals surface area contributed by atoms with Crippen molar-refractivity contribution < 1.29 is 14.3 Å². The molecular formula is C50H47BrN6O3S8. The van der Waals surface area contributed by atoms with Crippen molar-refractivity contribution in [3.8, 4) is 0 Å². The standard InChI is InChI=1S/C19H21N3O2S2.C13H13NOS2.C9H6BrNS2.C9H7NS2/c1-19(2,3)24-18(23)12(20-4)8-11-9-13-16(25-11)17-14(22(13)7)10-15(26-17)21(5)6;1-7(2)11-5-10-13(17-11)12-9(14(10)3)4-8(6-15)16-12;1-11-5-2-3-12-8(5)9-6(11)4-7(10)13-9;1-10-6-2-4-11-8(6)9-7(10)3-5-12-9/h8-10H,1-3,5-7H3;4-7H,1-3H3;2-4H,1H3;2-5H,1H3/b12-8-;;;. The molecule has 0 aliphatic carbocycles. The number of esters is 1. The summed E-state index contributed by atoms with van der Waals surface area (Å²) < 4.78 is 26.1. The third-order valence-corrected chi connectivity index (χ3v) is 21.2. The number of nitrogens with zero attached hydrogens (tertiary/aromatic N) is 6. The number of hydrogen-bond donors (Lipinski definition) is 0. The van der Waals surface area contributed by atoms with Gasteiger partial charge in [-0.3, -0.25) is 9.59 Å². The third-order valence-electron chi connectivity index (χ3n) is 11.4. The Morgan fingerprint density at radius 1 is 0.647 bits per heavy atom. The van der Waals surface area contributed by atoms with E-state index in [1.165, 1.54) is 89.9 Å². The number of anilines is 1. The Labute approximate surface area is 433 Å². The number of aromatic nitrogens is 4. The number of halogens is 1. The molecule has 0 aliphatic rings. The zero-order valence-electron chi connectivity index (χ0n) is 39.1. The first-order chi connectivity index (χ1) is 32.4. The summed E-state index contributed by atoms with van der Waals surface area (Å²) in [6, 6.07) is 17.2. The maximum Gasteiger partial charge on any atom is 0.336 e. The molecule has 9 nitrogen and oxygen atoms in total. The Bertz CT molecular complexity index is 3870. The molecule has 0 spiro atoms. The summed E-state index contributed by atoms with van der Waals surface area (Å²) in [5.74, 6) is -0.0194. The van der Waals surface area contributed by atoms with Gasteiger partial charge in [0.2, 0.25) is 0 Å². The van der Waals surface area contributed by atoms with Gasteiger partial charge in [-0.1, -0.05) is 13.8 Å². The van der Waals surface area contributed by atoms with E-state index < -0.39 is 11.6 Å². The highest BCUT2D eigenvalue weighted by atomic mass is 79.9. The molecule has 0 saturated heterocycles. The van der Waals surface area contributed by atoms with E-state index in [0.717, 1.165) is 21.6 Å². The molecule has 68 heavy (non-hydrogen) atoms. The van der Waals surface area contributed by atoms with Gasteiger partial charge < -0.3 is 27.9 Å². The predicted molar refractivity (Wildman–Crippen MR) is 307 cm³/mol. The molecule has 0 radical (unpaired) electrons. The van der Waals surface area contributed by atoms with Crippen molar-refractivity contribution in [2.24, 2.45) is 28.2 Å². The SMILES string of the molecule is CC(C)c1cc2c(s1)c1sc(C=O)cc1n2C.Cn1c2ccsc2c2sc(Br)cc21.Cn1c2ccsc2c2sccc21.[C-]#[N+]/C(=C\c1cc2c(s1)c1sc(N(C)C)cc1n2C)C(=O)OC(C)(C)C.